The molecule has 134 valence electrons. The van der Waals surface area contributed by atoms with Gasteiger partial charge in [-0.3, -0.25) is 9.59 Å². The Morgan fingerprint density at radius 3 is 2.31 bits per heavy atom. The number of amides is 1. The zero-order valence-corrected chi connectivity index (χ0v) is 14.8. The van der Waals surface area contributed by atoms with Crippen molar-refractivity contribution in [3.05, 3.63) is 79.7 Å². The van der Waals surface area contributed by atoms with Gasteiger partial charge in [-0.1, -0.05) is 0 Å². The van der Waals surface area contributed by atoms with Crippen LogP contribution in [0.4, 0.5) is 13.2 Å². The Labute approximate surface area is 155 Å². The summed E-state index contributed by atoms with van der Waals surface area (Å²) in [6.45, 7) is 0.196. The zero-order valence-electron chi connectivity index (χ0n) is 13.2. The molecule has 1 aromatic carbocycles. The Kier molecular flexibility index (Phi) is 5.24. The molecule has 0 saturated heterocycles. The van der Waals surface area contributed by atoms with E-state index in [9.17, 15) is 22.8 Å². The first-order valence-corrected chi connectivity index (χ1v) is 9.21. The molecule has 0 spiro atoms. The normalized spacial score (nSPS) is 11.3. The van der Waals surface area contributed by atoms with Gasteiger partial charge in [0, 0.05) is 21.4 Å². The second kappa shape index (κ2) is 7.43. The first kappa shape index (κ1) is 18.3. The molecule has 0 fully saturated rings. The van der Waals surface area contributed by atoms with Crippen LogP contribution in [0.2, 0.25) is 0 Å². The molecule has 0 aliphatic heterocycles. The van der Waals surface area contributed by atoms with Crippen LogP contribution in [0.15, 0.2) is 53.2 Å². The molecule has 0 unspecified atom stereocenters. The zero-order chi connectivity index (χ0) is 18.7. The van der Waals surface area contributed by atoms with Crippen LogP contribution in [0.3, 0.4) is 0 Å². The van der Waals surface area contributed by atoms with E-state index in [0.29, 0.717) is 10.4 Å². The van der Waals surface area contributed by atoms with Gasteiger partial charge in [0.25, 0.3) is 5.91 Å². The molecule has 0 radical (unpaired) electrons. The number of rotatable bonds is 5. The third kappa shape index (κ3) is 4.20. The predicted molar refractivity (Wildman–Crippen MR) is 94.7 cm³/mol. The lowest BCUT2D eigenvalue weighted by Gasteiger charge is -2.08. The quantitative estimate of drug-likeness (QED) is 0.619. The van der Waals surface area contributed by atoms with Crippen LogP contribution in [0.1, 0.15) is 36.0 Å². The summed E-state index contributed by atoms with van der Waals surface area (Å²) in [4.78, 5) is 25.6. The Balaban J connectivity index is 1.61. The fraction of sp³-hybridized carbons (Fsp3) is 0.111. The van der Waals surface area contributed by atoms with E-state index in [-0.39, 0.29) is 17.9 Å². The number of hydrogen-bond donors (Lipinski definition) is 1. The van der Waals surface area contributed by atoms with Gasteiger partial charge in [-0.05, 0) is 47.8 Å². The van der Waals surface area contributed by atoms with E-state index >= 15 is 0 Å². The first-order valence-electron chi connectivity index (χ1n) is 7.45. The Morgan fingerprint density at radius 1 is 0.962 bits per heavy atom. The maximum atomic E-state index is 12.5. The van der Waals surface area contributed by atoms with Gasteiger partial charge in [-0.2, -0.15) is 24.5 Å². The molecule has 3 nitrogen and oxygen atoms in total. The van der Waals surface area contributed by atoms with Gasteiger partial charge in [-0.15, -0.1) is 11.3 Å². The highest BCUT2D eigenvalue weighted by Gasteiger charge is 2.30. The Hall–Kier alpha value is -2.45. The molecule has 26 heavy (non-hydrogen) atoms. The molecule has 3 rings (SSSR count). The first-order chi connectivity index (χ1) is 12.3. The molecule has 0 atom stereocenters. The minimum atomic E-state index is -4.43. The second-order valence-corrected chi connectivity index (χ2v) is 7.31. The van der Waals surface area contributed by atoms with E-state index in [1.807, 2.05) is 5.38 Å². The number of nitrogens with one attached hydrogen (secondary N) is 1. The van der Waals surface area contributed by atoms with Crippen molar-refractivity contribution in [2.75, 3.05) is 0 Å². The Morgan fingerprint density at radius 2 is 1.69 bits per heavy atom. The van der Waals surface area contributed by atoms with Crippen LogP contribution in [0.5, 0.6) is 0 Å². The van der Waals surface area contributed by atoms with Crippen molar-refractivity contribution in [3.8, 4) is 0 Å². The number of thiophene rings is 2. The number of alkyl halides is 3. The molecule has 0 bridgehead atoms. The number of ketones is 1. The van der Waals surface area contributed by atoms with Crippen molar-refractivity contribution < 1.29 is 22.8 Å². The standard InChI is InChI=1S/C18H12F3NO2S2/c19-18(20,21)13-3-1-11(2-4-13)17(24)22-9-14-5-6-15(26-14)16(23)12-7-8-25-10-12/h1-8,10H,9H2,(H,22,24). The fourth-order valence-corrected chi connectivity index (χ4v) is 3.76. The molecule has 1 amide bonds. The molecule has 0 aliphatic rings. The van der Waals surface area contributed by atoms with Crippen LogP contribution in [-0.2, 0) is 12.7 Å². The molecular weight excluding hydrogens is 383 g/mol. The summed E-state index contributed by atoms with van der Waals surface area (Å²) in [7, 11) is 0. The highest BCUT2D eigenvalue weighted by Crippen LogP contribution is 2.29. The number of benzene rings is 1. The van der Waals surface area contributed by atoms with Crippen molar-refractivity contribution in [1.82, 2.24) is 5.32 Å². The SMILES string of the molecule is O=C(NCc1ccc(C(=O)c2ccsc2)s1)c1ccc(C(F)(F)F)cc1. The fourth-order valence-electron chi connectivity index (χ4n) is 2.21. The largest absolute Gasteiger partial charge is 0.416 e. The molecule has 0 aliphatic carbocycles. The van der Waals surface area contributed by atoms with Gasteiger partial charge in [-0.25, -0.2) is 0 Å². The van der Waals surface area contributed by atoms with E-state index < -0.39 is 17.6 Å². The molecule has 8 heteroatoms. The van der Waals surface area contributed by atoms with Crippen LogP contribution in [0, 0.1) is 0 Å². The van der Waals surface area contributed by atoms with Crippen molar-refractivity contribution >= 4 is 34.4 Å². The minimum absolute atomic E-state index is 0.0726. The molecule has 3 aromatic rings. The van der Waals surface area contributed by atoms with Crippen LogP contribution < -0.4 is 5.32 Å². The smallest absolute Gasteiger partial charge is 0.347 e. The van der Waals surface area contributed by atoms with E-state index in [1.54, 1.807) is 23.6 Å². The Bertz CT molecular complexity index is 913. The molecular formula is C18H12F3NO2S2. The number of halogens is 3. The van der Waals surface area contributed by atoms with Crippen LogP contribution in [0.25, 0.3) is 0 Å². The van der Waals surface area contributed by atoms with Crippen molar-refractivity contribution in [2.24, 2.45) is 0 Å². The maximum absolute atomic E-state index is 12.5. The van der Waals surface area contributed by atoms with Crippen molar-refractivity contribution in [2.45, 2.75) is 12.7 Å². The van der Waals surface area contributed by atoms with E-state index in [4.69, 9.17) is 0 Å². The van der Waals surface area contributed by atoms with Crippen LogP contribution >= 0.6 is 22.7 Å². The molecule has 2 aromatic heterocycles. The summed E-state index contributed by atoms with van der Waals surface area (Å²) < 4.78 is 37.6. The van der Waals surface area contributed by atoms with Gasteiger partial charge < -0.3 is 5.32 Å². The highest BCUT2D eigenvalue weighted by atomic mass is 32.1. The van der Waals surface area contributed by atoms with Gasteiger partial charge in [0.15, 0.2) is 0 Å². The van der Waals surface area contributed by atoms with Gasteiger partial charge in [0.2, 0.25) is 5.78 Å². The second-order valence-electron chi connectivity index (χ2n) is 5.36. The highest BCUT2D eigenvalue weighted by molar-refractivity contribution is 7.14. The summed E-state index contributed by atoms with van der Waals surface area (Å²) in [5.41, 5.74) is -0.0368. The molecule has 2 heterocycles. The topological polar surface area (TPSA) is 46.2 Å². The summed E-state index contributed by atoms with van der Waals surface area (Å²) >= 11 is 2.71. The van der Waals surface area contributed by atoms with Crippen molar-refractivity contribution in [1.29, 1.82) is 0 Å². The van der Waals surface area contributed by atoms with Gasteiger partial charge in [0.1, 0.15) is 0 Å². The van der Waals surface area contributed by atoms with Gasteiger partial charge in [0.05, 0.1) is 17.0 Å². The lowest BCUT2D eigenvalue weighted by Crippen LogP contribution is -2.22. The minimum Gasteiger partial charge on any atom is -0.347 e. The summed E-state index contributed by atoms with van der Waals surface area (Å²) in [5, 5.41) is 6.24. The van der Waals surface area contributed by atoms with Crippen LogP contribution in [-0.4, -0.2) is 11.7 Å². The number of hydrogen-bond acceptors (Lipinski definition) is 4. The van der Waals surface area contributed by atoms with E-state index in [1.165, 1.54) is 22.7 Å². The summed E-state index contributed by atoms with van der Waals surface area (Å²) in [6.07, 6.45) is -4.43. The summed E-state index contributed by atoms with van der Waals surface area (Å²) in [5.74, 6) is -0.547. The number of carbonyl (C=O) groups excluding carboxylic acids is 2. The summed E-state index contributed by atoms with van der Waals surface area (Å²) in [6, 6.07) is 9.21. The average molecular weight is 395 g/mol. The molecule has 0 saturated carbocycles. The van der Waals surface area contributed by atoms with E-state index in [0.717, 1.165) is 29.1 Å². The monoisotopic (exact) mass is 395 g/mol. The van der Waals surface area contributed by atoms with Crippen molar-refractivity contribution in [3.63, 3.8) is 0 Å². The maximum Gasteiger partial charge on any atom is 0.416 e. The lowest BCUT2D eigenvalue weighted by atomic mass is 10.1. The third-order valence-electron chi connectivity index (χ3n) is 3.57. The molecule has 1 N–H and O–H groups in total. The number of carbonyl (C=O) groups is 2. The van der Waals surface area contributed by atoms with E-state index in [2.05, 4.69) is 5.32 Å². The lowest BCUT2D eigenvalue weighted by molar-refractivity contribution is -0.137. The predicted octanol–water partition coefficient (Wildman–Crippen LogP) is 4.99. The average Bonchev–Trinajstić information content (AvgIpc) is 3.30. The van der Waals surface area contributed by atoms with Gasteiger partial charge >= 0.3 is 6.18 Å². The third-order valence-corrected chi connectivity index (χ3v) is 5.33.